The zero-order chi connectivity index (χ0) is 25.8. The van der Waals surface area contributed by atoms with Gasteiger partial charge in [-0.05, 0) is 62.2 Å². The molecule has 2 aliphatic rings. The van der Waals surface area contributed by atoms with Crippen molar-refractivity contribution in [3.63, 3.8) is 0 Å². The fourth-order valence-corrected chi connectivity index (χ4v) is 5.76. The van der Waals surface area contributed by atoms with Crippen LogP contribution in [0.3, 0.4) is 0 Å². The lowest BCUT2D eigenvalue weighted by Crippen LogP contribution is -2.41. The van der Waals surface area contributed by atoms with Crippen LogP contribution in [0.15, 0.2) is 30.5 Å². The van der Waals surface area contributed by atoms with E-state index in [-0.39, 0.29) is 0 Å². The highest BCUT2D eigenvalue weighted by molar-refractivity contribution is 6.00. The molecular weight excluding hydrogens is 462 g/mol. The van der Waals surface area contributed by atoms with Gasteiger partial charge in [0.15, 0.2) is 24.2 Å². The molecule has 0 saturated carbocycles. The molecule has 0 unspecified atom stereocenters. The van der Waals surface area contributed by atoms with Crippen LogP contribution in [0.4, 0.5) is 5.69 Å². The molecule has 0 fully saturated rings. The van der Waals surface area contributed by atoms with Gasteiger partial charge in [-0.1, -0.05) is 39.0 Å². The number of benzene rings is 2. The van der Waals surface area contributed by atoms with Gasteiger partial charge >= 0.3 is 0 Å². The molecule has 6 nitrogen and oxygen atoms in total. The molecule has 2 aromatic carbocycles. The van der Waals surface area contributed by atoms with Gasteiger partial charge in [0.25, 0.3) is 0 Å². The maximum absolute atomic E-state index is 5.82. The van der Waals surface area contributed by atoms with E-state index in [1.54, 1.807) is 7.11 Å². The number of fused-ring (bicyclic) bond motifs is 5. The van der Waals surface area contributed by atoms with Gasteiger partial charge in [0.1, 0.15) is 5.75 Å². The van der Waals surface area contributed by atoms with E-state index in [9.17, 15) is 0 Å². The van der Waals surface area contributed by atoms with E-state index < -0.39 is 0 Å². The molecule has 0 amide bonds. The first kappa shape index (κ1) is 25.7. The van der Waals surface area contributed by atoms with Crippen molar-refractivity contribution >= 4 is 16.5 Å². The molecule has 2 aliphatic heterocycles. The zero-order valence-electron chi connectivity index (χ0n) is 23.0. The van der Waals surface area contributed by atoms with Gasteiger partial charge in [-0.25, -0.2) is 0 Å². The minimum atomic E-state index is 0.308. The normalized spacial score (nSPS) is 13.6. The summed E-state index contributed by atoms with van der Waals surface area (Å²) < 4.78 is 19.8. The number of rotatable bonds is 12. The minimum Gasteiger partial charge on any atom is -0.495 e. The zero-order valence-corrected chi connectivity index (χ0v) is 23.0. The topological polar surface area (TPSA) is 46.8 Å². The SMILES string of the molecule is CCCCCCCCc1c2[n+](cc3c(NCCN(C)C)c(OC)ccc13)CCc1cc3c(cc1-2)OCO3. The maximum atomic E-state index is 5.82. The molecule has 0 radical (unpaired) electrons. The van der Waals surface area contributed by atoms with E-state index in [0.717, 1.165) is 55.4 Å². The standard InChI is InChI=1S/C31H41N3O3/c1-5-6-7-8-9-10-11-24-23-12-13-27(35-4)30(32-15-17-33(2)3)26(23)20-34-16-14-22-18-28-29(37-21-36-28)19-25(22)31(24)34/h12-13,18-20H,5-11,14-17,21H2,1-4H3/p+1. The van der Waals surface area contributed by atoms with Crippen molar-refractivity contribution in [3.8, 4) is 28.5 Å². The average molecular weight is 505 g/mol. The summed E-state index contributed by atoms with van der Waals surface area (Å²) in [6.45, 7) is 5.37. The van der Waals surface area contributed by atoms with Crippen molar-refractivity contribution in [3.05, 3.63) is 41.6 Å². The molecule has 1 N–H and O–H groups in total. The average Bonchev–Trinajstić information content (AvgIpc) is 3.36. The number of nitrogens with one attached hydrogen (secondary N) is 1. The molecule has 1 aromatic heterocycles. The Kier molecular flexibility index (Phi) is 8.04. The summed E-state index contributed by atoms with van der Waals surface area (Å²) in [4.78, 5) is 2.20. The summed E-state index contributed by atoms with van der Waals surface area (Å²) in [5, 5.41) is 6.26. The second kappa shape index (κ2) is 11.6. The molecule has 3 aromatic rings. The number of likely N-dealkylation sites (N-methyl/N-ethyl adjacent to an activating group) is 1. The Morgan fingerprint density at radius 3 is 2.57 bits per heavy atom. The summed E-state index contributed by atoms with van der Waals surface area (Å²) in [6, 6.07) is 8.80. The third-order valence-electron chi connectivity index (χ3n) is 7.73. The lowest BCUT2D eigenvalue weighted by Gasteiger charge is -2.22. The highest BCUT2D eigenvalue weighted by Gasteiger charge is 2.32. The molecule has 0 atom stereocenters. The van der Waals surface area contributed by atoms with Crippen LogP contribution in [0.5, 0.6) is 17.2 Å². The Morgan fingerprint density at radius 1 is 1.00 bits per heavy atom. The fraction of sp³-hybridized carbons (Fsp3) is 0.516. The first-order valence-corrected chi connectivity index (χ1v) is 14.0. The lowest BCUT2D eigenvalue weighted by atomic mass is 9.89. The number of aryl methyl sites for hydroxylation is 3. The Balaban J connectivity index is 1.60. The molecule has 0 saturated heterocycles. The molecule has 3 heterocycles. The smallest absolute Gasteiger partial charge is 0.231 e. The van der Waals surface area contributed by atoms with Crippen LogP contribution < -0.4 is 24.1 Å². The molecular formula is C31H42N3O3+. The number of hydrogen-bond acceptors (Lipinski definition) is 5. The largest absolute Gasteiger partial charge is 0.495 e. The minimum absolute atomic E-state index is 0.308. The molecule has 0 spiro atoms. The van der Waals surface area contributed by atoms with E-state index in [2.05, 4.69) is 66.3 Å². The summed E-state index contributed by atoms with van der Waals surface area (Å²) >= 11 is 0. The Hall–Kier alpha value is -2.99. The van der Waals surface area contributed by atoms with Gasteiger partial charge in [-0.15, -0.1) is 0 Å². The van der Waals surface area contributed by atoms with Gasteiger partial charge in [0.2, 0.25) is 12.5 Å². The monoisotopic (exact) mass is 504 g/mol. The van der Waals surface area contributed by atoms with Crippen LogP contribution in [-0.4, -0.2) is 46.0 Å². The maximum Gasteiger partial charge on any atom is 0.231 e. The number of anilines is 1. The number of aromatic nitrogens is 1. The molecule has 6 heteroatoms. The second-order valence-corrected chi connectivity index (χ2v) is 10.6. The number of unbranched alkanes of at least 4 members (excludes halogenated alkanes) is 5. The van der Waals surface area contributed by atoms with Crippen LogP contribution in [0.1, 0.15) is 56.6 Å². The van der Waals surface area contributed by atoms with Crippen molar-refractivity contribution in [1.82, 2.24) is 4.90 Å². The van der Waals surface area contributed by atoms with Crippen LogP contribution in [0.25, 0.3) is 22.0 Å². The van der Waals surface area contributed by atoms with Crippen molar-refractivity contribution in [2.75, 3.05) is 46.4 Å². The van der Waals surface area contributed by atoms with Gasteiger partial charge in [-0.2, -0.15) is 4.57 Å². The third kappa shape index (κ3) is 5.35. The van der Waals surface area contributed by atoms with Crippen molar-refractivity contribution in [2.24, 2.45) is 0 Å². The van der Waals surface area contributed by atoms with Crippen LogP contribution >= 0.6 is 0 Å². The molecule has 37 heavy (non-hydrogen) atoms. The van der Waals surface area contributed by atoms with Crippen molar-refractivity contribution in [1.29, 1.82) is 0 Å². The highest BCUT2D eigenvalue weighted by atomic mass is 16.7. The first-order valence-electron chi connectivity index (χ1n) is 14.0. The lowest BCUT2D eigenvalue weighted by molar-refractivity contribution is -0.686. The summed E-state index contributed by atoms with van der Waals surface area (Å²) in [7, 11) is 5.98. The highest BCUT2D eigenvalue weighted by Crippen LogP contribution is 2.43. The summed E-state index contributed by atoms with van der Waals surface area (Å²) in [5.74, 6) is 2.64. The van der Waals surface area contributed by atoms with Crippen LogP contribution in [0, 0.1) is 0 Å². The quantitative estimate of drug-likeness (QED) is 0.243. The predicted octanol–water partition coefficient (Wildman–Crippen LogP) is 5.96. The van der Waals surface area contributed by atoms with Gasteiger partial charge in [0.05, 0.1) is 23.7 Å². The third-order valence-corrected chi connectivity index (χ3v) is 7.73. The number of pyridine rings is 1. The van der Waals surface area contributed by atoms with E-state index in [1.165, 1.54) is 71.7 Å². The van der Waals surface area contributed by atoms with Crippen molar-refractivity contribution in [2.45, 2.75) is 64.8 Å². The predicted molar refractivity (Wildman–Crippen MR) is 150 cm³/mol. The first-order chi connectivity index (χ1) is 18.1. The molecule has 0 aliphatic carbocycles. The van der Waals surface area contributed by atoms with E-state index in [1.807, 2.05) is 0 Å². The van der Waals surface area contributed by atoms with Gasteiger partial charge in [-0.3, -0.25) is 0 Å². The van der Waals surface area contributed by atoms with Gasteiger partial charge < -0.3 is 24.4 Å². The van der Waals surface area contributed by atoms with E-state index in [4.69, 9.17) is 14.2 Å². The number of nitrogens with zero attached hydrogens (tertiary/aromatic N) is 2. The number of ether oxygens (including phenoxy) is 3. The van der Waals surface area contributed by atoms with Gasteiger partial charge in [0, 0.05) is 25.1 Å². The Bertz CT molecular complexity index is 1250. The number of methoxy groups -OCH3 is 1. The summed E-state index contributed by atoms with van der Waals surface area (Å²) in [5.41, 5.74) is 6.51. The Labute approximate surface area is 221 Å². The molecule has 0 bridgehead atoms. The Morgan fingerprint density at radius 2 is 1.78 bits per heavy atom. The van der Waals surface area contributed by atoms with Crippen molar-refractivity contribution < 1.29 is 18.8 Å². The molecule has 5 rings (SSSR count). The molecule has 198 valence electrons. The fourth-order valence-electron chi connectivity index (χ4n) is 5.76. The van der Waals surface area contributed by atoms with Crippen LogP contribution in [0.2, 0.25) is 0 Å². The summed E-state index contributed by atoms with van der Waals surface area (Å²) in [6.07, 6.45) is 12.1. The van der Waals surface area contributed by atoms with E-state index >= 15 is 0 Å². The number of hydrogen-bond donors (Lipinski definition) is 1. The second-order valence-electron chi connectivity index (χ2n) is 10.6. The van der Waals surface area contributed by atoms with Crippen LogP contribution in [-0.2, 0) is 19.4 Å². The van der Waals surface area contributed by atoms with E-state index in [0.29, 0.717) is 6.79 Å².